The molecule has 7 nitrogen and oxygen atoms in total. The molecule has 0 heterocycles. The molecule has 0 fully saturated rings. The molecule has 0 saturated carbocycles. The van der Waals surface area contributed by atoms with Gasteiger partial charge in [0.25, 0.3) is 0 Å². The number of nitrogens with one attached hydrogen (secondary N) is 2. The molecule has 0 unspecified atom stereocenters. The third kappa shape index (κ3) is 17.6. The number of rotatable bonds is 17. The highest BCUT2D eigenvalue weighted by molar-refractivity contribution is 5.77. The maximum Gasteiger partial charge on any atom is 0.222 e. The van der Waals surface area contributed by atoms with Crippen molar-refractivity contribution in [2.75, 3.05) is 65.9 Å². The molecule has 0 aromatic heterocycles. The average Bonchev–Trinajstić information content (AvgIpc) is 2.53. The predicted molar refractivity (Wildman–Crippen MR) is 94.3 cm³/mol. The Labute approximate surface area is 146 Å². The zero-order chi connectivity index (χ0) is 18.0. The van der Waals surface area contributed by atoms with Gasteiger partial charge in [0.1, 0.15) is 0 Å². The minimum absolute atomic E-state index is 0.00967. The van der Waals surface area contributed by atoms with Crippen LogP contribution in [-0.2, 0) is 23.7 Å². The highest BCUT2D eigenvalue weighted by Crippen LogP contribution is 1.89. The zero-order valence-electron chi connectivity index (χ0n) is 15.8. The summed E-state index contributed by atoms with van der Waals surface area (Å²) in [6.07, 6.45) is 0. The second-order valence-electron chi connectivity index (χ2n) is 6.00. The normalized spacial score (nSPS) is 11.4. The summed E-state index contributed by atoms with van der Waals surface area (Å²) in [4.78, 5) is 11.3. The summed E-state index contributed by atoms with van der Waals surface area (Å²) in [5.41, 5.74) is 0. The summed E-state index contributed by atoms with van der Waals surface area (Å²) >= 11 is 0. The minimum atomic E-state index is 0.00967. The molecule has 7 heteroatoms. The number of hydrogen-bond acceptors (Lipinski definition) is 6. The van der Waals surface area contributed by atoms with Crippen LogP contribution < -0.4 is 10.6 Å². The first kappa shape index (κ1) is 23.3. The van der Waals surface area contributed by atoms with Gasteiger partial charge in [0, 0.05) is 25.0 Å². The first-order valence-electron chi connectivity index (χ1n) is 8.86. The first-order chi connectivity index (χ1) is 11.5. The van der Waals surface area contributed by atoms with E-state index < -0.39 is 0 Å². The van der Waals surface area contributed by atoms with Crippen LogP contribution in [0.5, 0.6) is 0 Å². The van der Waals surface area contributed by atoms with Crippen molar-refractivity contribution < 1.29 is 23.7 Å². The van der Waals surface area contributed by atoms with E-state index in [-0.39, 0.29) is 11.8 Å². The van der Waals surface area contributed by atoms with Crippen LogP contribution in [0.15, 0.2) is 0 Å². The SMILES string of the molecule is CC(C)NCCOCCOCCOCCOCCNC(=O)C(C)C. The molecule has 0 radical (unpaired) electrons. The van der Waals surface area contributed by atoms with E-state index in [1.54, 1.807) is 0 Å². The van der Waals surface area contributed by atoms with Crippen LogP contribution in [0.1, 0.15) is 27.7 Å². The molecule has 2 N–H and O–H groups in total. The summed E-state index contributed by atoms with van der Waals surface area (Å²) in [5, 5.41) is 6.07. The summed E-state index contributed by atoms with van der Waals surface area (Å²) in [5.74, 6) is 0.0580. The van der Waals surface area contributed by atoms with E-state index in [2.05, 4.69) is 24.5 Å². The monoisotopic (exact) mass is 348 g/mol. The number of carbonyl (C=O) groups excluding carboxylic acids is 1. The molecule has 0 aromatic rings. The first-order valence-corrected chi connectivity index (χ1v) is 8.86. The van der Waals surface area contributed by atoms with Crippen LogP contribution in [0.25, 0.3) is 0 Å². The summed E-state index contributed by atoms with van der Waals surface area (Å²) in [6, 6.07) is 0.491. The van der Waals surface area contributed by atoms with Crippen molar-refractivity contribution in [3.05, 3.63) is 0 Å². The van der Waals surface area contributed by atoms with Crippen molar-refractivity contribution in [3.63, 3.8) is 0 Å². The Kier molecular flexibility index (Phi) is 16.6. The molecular formula is C17H36N2O5. The molecule has 0 aliphatic rings. The Morgan fingerprint density at radius 3 is 1.54 bits per heavy atom. The summed E-state index contributed by atoms with van der Waals surface area (Å²) in [6.45, 7) is 13.9. The highest BCUT2D eigenvalue weighted by atomic mass is 16.6. The van der Waals surface area contributed by atoms with Gasteiger partial charge in [-0.3, -0.25) is 4.79 Å². The molecule has 1 amide bonds. The van der Waals surface area contributed by atoms with Gasteiger partial charge in [-0.1, -0.05) is 27.7 Å². The zero-order valence-corrected chi connectivity index (χ0v) is 15.8. The van der Waals surface area contributed by atoms with Crippen molar-refractivity contribution in [1.29, 1.82) is 0 Å². The molecule has 144 valence electrons. The second kappa shape index (κ2) is 17.1. The van der Waals surface area contributed by atoms with Gasteiger partial charge in [-0.2, -0.15) is 0 Å². The number of amides is 1. The number of hydrogen-bond donors (Lipinski definition) is 2. The van der Waals surface area contributed by atoms with Gasteiger partial charge in [0.2, 0.25) is 5.91 Å². The van der Waals surface area contributed by atoms with Gasteiger partial charge < -0.3 is 29.6 Å². The molecule has 0 saturated heterocycles. The van der Waals surface area contributed by atoms with Crippen LogP contribution in [0.4, 0.5) is 0 Å². The minimum Gasteiger partial charge on any atom is -0.378 e. The van der Waals surface area contributed by atoms with Crippen LogP contribution in [0, 0.1) is 5.92 Å². The third-order valence-electron chi connectivity index (χ3n) is 2.99. The molecule has 0 aliphatic carbocycles. The predicted octanol–water partition coefficient (Wildman–Crippen LogP) is 0.823. The van der Waals surface area contributed by atoms with Gasteiger partial charge >= 0.3 is 0 Å². The lowest BCUT2D eigenvalue weighted by atomic mass is 10.2. The van der Waals surface area contributed by atoms with Crippen molar-refractivity contribution in [1.82, 2.24) is 10.6 Å². The maximum atomic E-state index is 11.3. The Morgan fingerprint density at radius 2 is 1.12 bits per heavy atom. The lowest BCUT2D eigenvalue weighted by Crippen LogP contribution is -2.31. The Hall–Kier alpha value is -0.730. The van der Waals surface area contributed by atoms with E-state index >= 15 is 0 Å². The van der Waals surface area contributed by atoms with Crippen molar-refractivity contribution in [3.8, 4) is 0 Å². The lowest BCUT2D eigenvalue weighted by Gasteiger charge is -2.09. The molecule has 0 aliphatic heterocycles. The summed E-state index contributed by atoms with van der Waals surface area (Å²) < 4.78 is 21.6. The second-order valence-corrected chi connectivity index (χ2v) is 6.00. The smallest absolute Gasteiger partial charge is 0.222 e. The van der Waals surface area contributed by atoms with Gasteiger partial charge in [-0.05, 0) is 0 Å². The van der Waals surface area contributed by atoms with Crippen molar-refractivity contribution >= 4 is 5.91 Å². The van der Waals surface area contributed by atoms with Crippen LogP contribution in [-0.4, -0.2) is 77.9 Å². The van der Waals surface area contributed by atoms with Gasteiger partial charge in [-0.25, -0.2) is 0 Å². The van der Waals surface area contributed by atoms with E-state index in [0.29, 0.717) is 65.4 Å². The van der Waals surface area contributed by atoms with Gasteiger partial charge in [-0.15, -0.1) is 0 Å². The fourth-order valence-electron chi connectivity index (χ4n) is 1.63. The Balaban J connectivity index is 3.06. The van der Waals surface area contributed by atoms with E-state index in [1.807, 2.05) is 13.8 Å². The van der Waals surface area contributed by atoms with Gasteiger partial charge in [0.05, 0.1) is 52.9 Å². The largest absolute Gasteiger partial charge is 0.378 e. The van der Waals surface area contributed by atoms with E-state index in [0.717, 1.165) is 6.54 Å². The Bertz CT molecular complexity index is 288. The highest BCUT2D eigenvalue weighted by Gasteiger charge is 2.04. The van der Waals surface area contributed by atoms with Crippen LogP contribution in [0.2, 0.25) is 0 Å². The van der Waals surface area contributed by atoms with E-state index in [1.165, 1.54) is 0 Å². The molecule has 0 aromatic carbocycles. The average molecular weight is 348 g/mol. The van der Waals surface area contributed by atoms with E-state index in [4.69, 9.17) is 18.9 Å². The molecule has 0 rings (SSSR count). The number of ether oxygens (including phenoxy) is 4. The number of carbonyl (C=O) groups is 1. The standard InChI is InChI=1S/C17H36N2O5/c1-15(2)17(20)19-6-8-22-10-12-24-14-13-23-11-9-21-7-5-18-16(3)4/h15-16,18H,5-14H2,1-4H3,(H,19,20). The third-order valence-corrected chi connectivity index (χ3v) is 2.99. The topological polar surface area (TPSA) is 78.1 Å². The lowest BCUT2D eigenvalue weighted by molar-refractivity contribution is -0.124. The maximum absolute atomic E-state index is 11.3. The van der Waals surface area contributed by atoms with Crippen molar-refractivity contribution in [2.45, 2.75) is 33.7 Å². The molecule has 0 bridgehead atoms. The van der Waals surface area contributed by atoms with Crippen LogP contribution >= 0.6 is 0 Å². The Morgan fingerprint density at radius 1 is 0.708 bits per heavy atom. The van der Waals surface area contributed by atoms with E-state index in [9.17, 15) is 4.79 Å². The summed E-state index contributed by atoms with van der Waals surface area (Å²) in [7, 11) is 0. The fraction of sp³-hybridized carbons (Fsp3) is 0.941. The molecule has 0 atom stereocenters. The van der Waals surface area contributed by atoms with Gasteiger partial charge in [0.15, 0.2) is 0 Å². The van der Waals surface area contributed by atoms with Crippen LogP contribution in [0.3, 0.4) is 0 Å². The molecule has 0 spiro atoms. The van der Waals surface area contributed by atoms with Crippen molar-refractivity contribution in [2.24, 2.45) is 5.92 Å². The molecule has 24 heavy (non-hydrogen) atoms. The quantitative estimate of drug-likeness (QED) is 0.379. The molecular weight excluding hydrogens is 312 g/mol. The fourth-order valence-corrected chi connectivity index (χ4v) is 1.63.